The second-order valence-electron chi connectivity index (χ2n) is 9.96. The minimum atomic E-state index is 0.439. The van der Waals surface area contributed by atoms with Gasteiger partial charge < -0.3 is 19.8 Å². The third-order valence-corrected chi connectivity index (χ3v) is 7.65. The van der Waals surface area contributed by atoms with Crippen LogP contribution in [0.5, 0.6) is 0 Å². The minimum absolute atomic E-state index is 0.439. The molecular weight excluding hydrogens is 448 g/mol. The number of anilines is 1. The second-order valence-corrected chi connectivity index (χ2v) is 9.96. The summed E-state index contributed by atoms with van der Waals surface area (Å²) in [4.78, 5) is 24.8. The Balaban J connectivity index is 1.23. The summed E-state index contributed by atoms with van der Waals surface area (Å²) in [7, 11) is 0. The van der Waals surface area contributed by atoms with Crippen molar-refractivity contribution in [3.05, 3.63) is 55.2 Å². The Morgan fingerprint density at radius 1 is 0.889 bits per heavy atom. The van der Waals surface area contributed by atoms with Crippen LogP contribution in [0.4, 0.5) is 5.82 Å². The summed E-state index contributed by atoms with van der Waals surface area (Å²) in [6, 6.07) is 11.1. The van der Waals surface area contributed by atoms with Crippen LogP contribution in [0, 0.1) is 0 Å². The van der Waals surface area contributed by atoms with Crippen molar-refractivity contribution in [1.29, 1.82) is 0 Å². The molecule has 0 saturated carbocycles. The third kappa shape index (κ3) is 3.82. The highest BCUT2D eigenvalue weighted by atomic mass is 15.2. The predicted molar refractivity (Wildman–Crippen MR) is 143 cm³/mol. The first-order chi connectivity index (χ1) is 17.8. The maximum absolute atomic E-state index is 5.02. The molecule has 2 fully saturated rings. The number of hydrogen-bond acceptors (Lipinski definition) is 6. The number of benzene rings is 1. The van der Waals surface area contributed by atoms with E-state index in [0.29, 0.717) is 6.04 Å². The average Bonchev–Trinajstić information content (AvgIpc) is 3.58. The van der Waals surface area contributed by atoms with Gasteiger partial charge in [0.2, 0.25) is 0 Å². The van der Waals surface area contributed by atoms with Crippen LogP contribution in [-0.4, -0.2) is 55.7 Å². The summed E-state index contributed by atoms with van der Waals surface area (Å²) >= 11 is 0. The van der Waals surface area contributed by atoms with Crippen LogP contribution in [0.1, 0.15) is 38.1 Å². The largest absolute Gasteiger partial charge is 0.357 e. The Hall–Kier alpha value is -3.78. The fourth-order valence-electron chi connectivity index (χ4n) is 5.65. The molecule has 1 unspecified atom stereocenters. The van der Waals surface area contributed by atoms with Crippen molar-refractivity contribution < 1.29 is 0 Å². The minimum Gasteiger partial charge on any atom is -0.357 e. The number of aromatic amines is 1. The standard InChI is InChI=1S/C28H30N8/c1-2-11-35(12-3-1)26-9-7-20(14-30-26)24-17-32-28-27(34-24)22(16-31-28)19-6-8-23-25(13-19)36(18-33-23)21-5-4-10-29-15-21/h6-9,13-14,16-18,21,29H,1-5,10-12,15H2,(H,31,32). The molecule has 2 aliphatic rings. The average molecular weight is 479 g/mol. The highest BCUT2D eigenvalue weighted by Gasteiger charge is 2.19. The lowest BCUT2D eigenvalue weighted by atomic mass is 10.1. The Morgan fingerprint density at radius 2 is 1.81 bits per heavy atom. The van der Waals surface area contributed by atoms with Gasteiger partial charge in [-0.1, -0.05) is 6.07 Å². The van der Waals surface area contributed by atoms with Crippen molar-refractivity contribution in [2.24, 2.45) is 0 Å². The van der Waals surface area contributed by atoms with Crippen molar-refractivity contribution in [3.8, 4) is 22.4 Å². The Labute approximate surface area is 209 Å². The van der Waals surface area contributed by atoms with Gasteiger partial charge in [-0.15, -0.1) is 0 Å². The first kappa shape index (κ1) is 21.5. The van der Waals surface area contributed by atoms with Gasteiger partial charge in [0.05, 0.1) is 29.3 Å². The van der Waals surface area contributed by atoms with Gasteiger partial charge in [-0.3, -0.25) is 0 Å². The van der Waals surface area contributed by atoms with Crippen LogP contribution in [0.3, 0.4) is 0 Å². The molecule has 0 amide bonds. The fourth-order valence-corrected chi connectivity index (χ4v) is 5.65. The molecule has 36 heavy (non-hydrogen) atoms. The monoisotopic (exact) mass is 478 g/mol. The molecule has 0 radical (unpaired) electrons. The molecule has 6 heterocycles. The summed E-state index contributed by atoms with van der Waals surface area (Å²) in [5, 5.41) is 3.52. The topological polar surface area (TPSA) is 87.5 Å². The van der Waals surface area contributed by atoms with Gasteiger partial charge in [0.25, 0.3) is 0 Å². The van der Waals surface area contributed by atoms with Crippen LogP contribution >= 0.6 is 0 Å². The molecule has 0 aliphatic carbocycles. The number of piperidine rings is 2. The van der Waals surface area contributed by atoms with E-state index in [2.05, 4.69) is 60.1 Å². The van der Waals surface area contributed by atoms with Crippen molar-refractivity contribution in [2.45, 2.75) is 38.1 Å². The molecule has 1 atom stereocenters. The van der Waals surface area contributed by atoms with Gasteiger partial charge in [0, 0.05) is 49.2 Å². The Kier molecular flexibility index (Phi) is 5.39. The number of fused-ring (bicyclic) bond motifs is 2. The maximum Gasteiger partial charge on any atom is 0.156 e. The molecule has 8 nitrogen and oxygen atoms in total. The smallest absolute Gasteiger partial charge is 0.156 e. The second kappa shape index (κ2) is 9.02. The van der Waals surface area contributed by atoms with E-state index < -0.39 is 0 Å². The summed E-state index contributed by atoms with van der Waals surface area (Å²) in [6.07, 6.45) is 13.9. The molecule has 4 aromatic heterocycles. The van der Waals surface area contributed by atoms with E-state index in [9.17, 15) is 0 Å². The van der Waals surface area contributed by atoms with Gasteiger partial charge in [-0.2, -0.15) is 0 Å². The number of pyridine rings is 1. The Bertz CT molecular complexity index is 1500. The molecule has 1 aromatic carbocycles. The summed E-state index contributed by atoms with van der Waals surface area (Å²) in [5.74, 6) is 1.05. The highest BCUT2D eigenvalue weighted by molar-refractivity contribution is 5.94. The lowest BCUT2D eigenvalue weighted by molar-refractivity contribution is 0.378. The quantitative estimate of drug-likeness (QED) is 0.380. The normalized spacial score (nSPS) is 18.8. The van der Waals surface area contributed by atoms with Crippen molar-refractivity contribution in [1.82, 2.24) is 34.8 Å². The van der Waals surface area contributed by atoms with E-state index in [-0.39, 0.29) is 0 Å². The van der Waals surface area contributed by atoms with Crippen LogP contribution in [0.15, 0.2) is 55.2 Å². The van der Waals surface area contributed by atoms with Crippen LogP contribution < -0.4 is 10.2 Å². The molecule has 0 spiro atoms. The van der Waals surface area contributed by atoms with Crippen molar-refractivity contribution in [3.63, 3.8) is 0 Å². The first-order valence-corrected chi connectivity index (χ1v) is 13.1. The van der Waals surface area contributed by atoms with E-state index in [0.717, 1.165) is 76.6 Å². The molecular formula is C28H30N8. The molecule has 2 aliphatic heterocycles. The highest BCUT2D eigenvalue weighted by Crippen LogP contribution is 2.32. The zero-order valence-electron chi connectivity index (χ0n) is 20.3. The van der Waals surface area contributed by atoms with Gasteiger partial charge >= 0.3 is 0 Å². The predicted octanol–water partition coefficient (Wildman–Crippen LogP) is 4.95. The number of imidazole rings is 1. The van der Waals surface area contributed by atoms with E-state index in [1.54, 1.807) is 0 Å². The van der Waals surface area contributed by atoms with Gasteiger partial charge in [-0.25, -0.2) is 19.9 Å². The molecule has 0 bridgehead atoms. The van der Waals surface area contributed by atoms with E-state index in [1.807, 2.05) is 24.9 Å². The van der Waals surface area contributed by atoms with E-state index >= 15 is 0 Å². The van der Waals surface area contributed by atoms with Gasteiger partial charge in [0.15, 0.2) is 5.65 Å². The zero-order chi connectivity index (χ0) is 23.9. The SMILES string of the molecule is c1cc(N2CCCCC2)ncc1-c1cnc2[nH]cc(-c3ccc4ncn(C5CCCNC5)c4c3)c2n1. The lowest BCUT2D eigenvalue weighted by Crippen LogP contribution is -2.31. The Morgan fingerprint density at radius 3 is 2.64 bits per heavy atom. The molecule has 7 rings (SSSR count). The number of nitrogens with one attached hydrogen (secondary N) is 2. The van der Waals surface area contributed by atoms with E-state index in [1.165, 1.54) is 32.1 Å². The zero-order valence-corrected chi connectivity index (χ0v) is 20.3. The van der Waals surface area contributed by atoms with Crippen molar-refractivity contribution >= 4 is 28.0 Å². The summed E-state index contributed by atoms with van der Waals surface area (Å²) < 4.78 is 2.33. The van der Waals surface area contributed by atoms with Crippen LogP contribution in [0.2, 0.25) is 0 Å². The number of H-pyrrole nitrogens is 1. The summed E-state index contributed by atoms with van der Waals surface area (Å²) in [6.45, 7) is 4.26. The number of aromatic nitrogens is 6. The van der Waals surface area contributed by atoms with E-state index in [4.69, 9.17) is 9.97 Å². The van der Waals surface area contributed by atoms with Crippen LogP contribution in [0.25, 0.3) is 44.6 Å². The molecule has 2 N–H and O–H groups in total. The molecule has 5 aromatic rings. The first-order valence-electron chi connectivity index (χ1n) is 13.1. The lowest BCUT2D eigenvalue weighted by Gasteiger charge is -2.27. The number of hydrogen-bond donors (Lipinski definition) is 2. The fraction of sp³-hybridized carbons (Fsp3) is 0.357. The van der Waals surface area contributed by atoms with Gasteiger partial charge in [-0.05, 0) is 68.5 Å². The maximum atomic E-state index is 5.02. The molecule has 8 heteroatoms. The molecule has 2 saturated heterocycles. The van der Waals surface area contributed by atoms with Crippen LogP contribution in [-0.2, 0) is 0 Å². The summed E-state index contributed by atoms with van der Waals surface area (Å²) in [5.41, 5.74) is 7.83. The van der Waals surface area contributed by atoms with Crippen molar-refractivity contribution in [2.75, 3.05) is 31.1 Å². The number of rotatable bonds is 4. The van der Waals surface area contributed by atoms with Gasteiger partial charge in [0.1, 0.15) is 11.3 Å². The molecule has 182 valence electrons. The number of nitrogens with zero attached hydrogens (tertiary/aromatic N) is 6. The third-order valence-electron chi connectivity index (χ3n) is 7.65.